The highest BCUT2D eigenvalue weighted by atomic mass is 16.5. The van der Waals surface area contributed by atoms with Gasteiger partial charge < -0.3 is 9.47 Å². The van der Waals surface area contributed by atoms with Crippen molar-refractivity contribution >= 4 is 5.97 Å². The normalized spacial score (nSPS) is 26.1. The molecule has 0 unspecified atom stereocenters. The zero-order valence-corrected chi connectivity index (χ0v) is 14.0. The molecule has 2 aromatic rings. The van der Waals surface area contributed by atoms with Crippen LogP contribution in [0.5, 0.6) is 0 Å². The topological polar surface area (TPSA) is 38.8 Å². The van der Waals surface area contributed by atoms with Crippen LogP contribution >= 0.6 is 0 Å². The van der Waals surface area contributed by atoms with Gasteiger partial charge in [-0.1, -0.05) is 72.8 Å². The second-order valence-electron chi connectivity index (χ2n) is 6.39. The summed E-state index contributed by atoms with van der Waals surface area (Å²) in [6.45, 7) is 1.59. The summed E-state index contributed by atoms with van der Waals surface area (Å²) in [7, 11) is 0. The quantitative estimate of drug-likeness (QED) is 0.636. The number of fused-ring (bicyclic) bond motifs is 1. The maximum absolute atomic E-state index is 12.4. The minimum atomic E-state index is -0.396. The molecule has 1 fully saturated rings. The van der Waals surface area contributed by atoms with Crippen LogP contribution in [-0.2, 0) is 20.9 Å². The van der Waals surface area contributed by atoms with Crippen LogP contribution < -0.4 is 0 Å². The lowest BCUT2D eigenvalue weighted by Crippen LogP contribution is -2.57. The molecule has 0 amide bonds. The minimum absolute atomic E-state index is 0.0664. The second-order valence-corrected chi connectivity index (χ2v) is 6.39. The molecular weight excluding hydrogens is 314 g/mol. The van der Waals surface area contributed by atoms with Crippen LogP contribution in [-0.4, -0.2) is 36.2 Å². The van der Waals surface area contributed by atoms with E-state index in [0.29, 0.717) is 13.2 Å². The Bertz CT molecular complexity index is 744. The van der Waals surface area contributed by atoms with Gasteiger partial charge in [-0.05, 0) is 11.1 Å². The summed E-state index contributed by atoms with van der Waals surface area (Å²) in [5, 5.41) is 0. The number of ether oxygens (including phenoxy) is 2. The maximum atomic E-state index is 12.4. The summed E-state index contributed by atoms with van der Waals surface area (Å²) in [4.78, 5) is 14.6. The molecule has 0 bridgehead atoms. The van der Waals surface area contributed by atoms with Crippen molar-refractivity contribution in [3.8, 4) is 0 Å². The molecule has 0 spiro atoms. The van der Waals surface area contributed by atoms with Crippen LogP contribution in [0.1, 0.15) is 17.2 Å². The predicted molar refractivity (Wildman–Crippen MR) is 94.8 cm³/mol. The molecule has 0 aliphatic carbocycles. The zero-order valence-electron chi connectivity index (χ0n) is 14.0. The fraction of sp³-hybridized carbons (Fsp3) is 0.286. The smallest absolute Gasteiger partial charge is 0.326 e. The van der Waals surface area contributed by atoms with Gasteiger partial charge in [0.25, 0.3) is 0 Å². The first-order valence-electron chi connectivity index (χ1n) is 8.62. The summed E-state index contributed by atoms with van der Waals surface area (Å²) >= 11 is 0. The monoisotopic (exact) mass is 335 g/mol. The van der Waals surface area contributed by atoms with E-state index in [1.165, 1.54) is 0 Å². The highest BCUT2D eigenvalue weighted by Gasteiger charge is 2.44. The van der Waals surface area contributed by atoms with Crippen molar-refractivity contribution in [2.75, 3.05) is 13.2 Å². The first-order valence-corrected chi connectivity index (χ1v) is 8.62. The fourth-order valence-corrected chi connectivity index (χ4v) is 3.53. The number of carbonyl (C=O) groups is 1. The summed E-state index contributed by atoms with van der Waals surface area (Å²) in [6.07, 6.45) is 3.77. The van der Waals surface area contributed by atoms with Gasteiger partial charge in [-0.2, -0.15) is 0 Å². The van der Waals surface area contributed by atoms with Gasteiger partial charge in [0.2, 0.25) is 0 Å². The Morgan fingerprint density at radius 2 is 1.76 bits per heavy atom. The predicted octanol–water partition coefficient (Wildman–Crippen LogP) is 3.11. The lowest BCUT2D eigenvalue weighted by Gasteiger charge is -2.44. The lowest BCUT2D eigenvalue weighted by atomic mass is 9.96. The SMILES string of the molecule is O=C1OC[C@@H](c2ccccc2)N2CC=C[C@H](OCc3ccccc3)[C@@H]12. The number of morpholine rings is 1. The van der Waals surface area contributed by atoms with Crippen LogP contribution in [0, 0.1) is 0 Å². The molecule has 4 rings (SSSR count). The van der Waals surface area contributed by atoms with Gasteiger partial charge in [0.1, 0.15) is 18.8 Å². The molecular formula is C21H21NO3. The summed E-state index contributed by atoms with van der Waals surface area (Å²) in [5.41, 5.74) is 2.26. The minimum Gasteiger partial charge on any atom is -0.462 e. The van der Waals surface area contributed by atoms with Crippen molar-refractivity contribution in [2.24, 2.45) is 0 Å². The lowest BCUT2D eigenvalue weighted by molar-refractivity contribution is -0.171. The molecule has 3 atom stereocenters. The van der Waals surface area contributed by atoms with Crippen molar-refractivity contribution < 1.29 is 14.3 Å². The number of cyclic esters (lactones) is 1. The van der Waals surface area contributed by atoms with Gasteiger partial charge in [0, 0.05) is 6.54 Å². The second kappa shape index (κ2) is 7.21. The molecule has 4 heteroatoms. The number of nitrogens with zero attached hydrogens (tertiary/aromatic N) is 1. The van der Waals surface area contributed by atoms with E-state index in [1.54, 1.807) is 0 Å². The number of carbonyl (C=O) groups excluding carboxylic acids is 1. The Kier molecular flexibility index (Phi) is 4.63. The zero-order chi connectivity index (χ0) is 17.1. The van der Waals surface area contributed by atoms with E-state index >= 15 is 0 Å². The summed E-state index contributed by atoms with van der Waals surface area (Å²) < 4.78 is 11.6. The Morgan fingerprint density at radius 1 is 1.04 bits per heavy atom. The molecule has 0 radical (unpaired) electrons. The molecule has 2 aromatic carbocycles. The molecule has 2 aliphatic rings. The van der Waals surface area contributed by atoms with Crippen LogP contribution in [0.2, 0.25) is 0 Å². The standard InChI is InChI=1S/C21H21NO3/c23-21-20-19(24-14-16-8-3-1-4-9-16)12-7-13-22(20)18(15-25-21)17-10-5-2-6-11-17/h1-12,18-20H,13-15H2/t18-,19-,20-/m0/s1. The van der Waals surface area contributed by atoms with Crippen molar-refractivity contribution in [1.29, 1.82) is 0 Å². The average Bonchev–Trinajstić information content (AvgIpc) is 2.68. The molecule has 2 heterocycles. The molecule has 2 aliphatic heterocycles. The summed E-state index contributed by atoms with van der Waals surface area (Å²) in [5.74, 6) is -0.199. The van der Waals surface area contributed by atoms with E-state index in [1.807, 2.05) is 54.6 Å². The van der Waals surface area contributed by atoms with Gasteiger partial charge in [-0.15, -0.1) is 0 Å². The Hall–Kier alpha value is -2.43. The van der Waals surface area contributed by atoms with E-state index in [-0.39, 0.29) is 18.1 Å². The Balaban J connectivity index is 1.53. The molecule has 0 aromatic heterocycles. The van der Waals surface area contributed by atoms with Crippen LogP contribution in [0.4, 0.5) is 0 Å². The van der Waals surface area contributed by atoms with Crippen LogP contribution in [0.3, 0.4) is 0 Å². The van der Waals surface area contributed by atoms with Gasteiger partial charge in [0.05, 0.1) is 12.6 Å². The van der Waals surface area contributed by atoms with E-state index in [9.17, 15) is 4.79 Å². The molecule has 0 N–H and O–H groups in total. The number of rotatable bonds is 4. The Morgan fingerprint density at radius 3 is 2.52 bits per heavy atom. The third-order valence-corrected chi connectivity index (χ3v) is 4.81. The number of hydrogen-bond acceptors (Lipinski definition) is 4. The van der Waals surface area contributed by atoms with E-state index in [0.717, 1.165) is 17.7 Å². The molecule has 128 valence electrons. The summed E-state index contributed by atoms with van der Waals surface area (Å²) in [6, 6.07) is 19.9. The number of benzene rings is 2. The highest BCUT2D eigenvalue weighted by Crippen LogP contribution is 2.32. The van der Waals surface area contributed by atoms with Gasteiger partial charge >= 0.3 is 5.97 Å². The molecule has 4 nitrogen and oxygen atoms in total. The van der Waals surface area contributed by atoms with Crippen molar-refractivity contribution in [3.05, 3.63) is 83.9 Å². The van der Waals surface area contributed by atoms with Crippen LogP contribution in [0.15, 0.2) is 72.8 Å². The maximum Gasteiger partial charge on any atom is 0.326 e. The Labute approximate surface area is 147 Å². The van der Waals surface area contributed by atoms with Crippen molar-refractivity contribution in [2.45, 2.75) is 24.8 Å². The fourth-order valence-electron chi connectivity index (χ4n) is 3.53. The van der Waals surface area contributed by atoms with Crippen LogP contribution in [0.25, 0.3) is 0 Å². The van der Waals surface area contributed by atoms with Crippen molar-refractivity contribution in [1.82, 2.24) is 4.90 Å². The first kappa shape index (κ1) is 16.1. The van der Waals surface area contributed by atoms with Gasteiger partial charge in [-0.3, -0.25) is 9.69 Å². The third kappa shape index (κ3) is 3.36. The van der Waals surface area contributed by atoms with E-state index in [4.69, 9.17) is 9.47 Å². The highest BCUT2D eigenvalue weighted by molar-refractivity contribution is 5.78. The first-order chi connectivity index (χ1) is 12.3. The van der Waals surface area contributed by atoms with E-state index in [2.05, 4.69) is 23.1 Å². The third-order valence-electron chi connectivity index (χ3n) is 4.81. The van der Waals surface area contributed by atoms with Crippen molar-refractivity contribution in [3.63, 3.8) is 0 Å². The number of esters is 1. The molecule has 25 heavy (non-hydrogen) atoms. The molecule has 0 saturated carbocycles. The molecule has 1 saturated heterocycles. The van der Waals surface area contributed by atoms with E-state index < -0.39 is 6.04 Å². The van der Waals surface area contributed by atoms with Gasteiger partial charge in [0.15, 0.2) is 0 Å². The number of hydrogen-bond donors (Lipinski definition) is 0. The average molecular weight is 335 g/mol. The largest absolute Gasteiger partial charge is 0.462 e. The van der Waals surface area contributed by atoms with Gasteiger partial charge in [-0.25, -0.2) is 0 Å².